The van der Waals surface area contributed by atoms with Gasteiger partial charge in [-0.3, -0.25) is 14.4 Å². The Morgan fingerprint density at radius 1 is 1.00 bits per heavy atom. The number of amides is 3. The van der Waals surface area contributed by atoms with Crippen molar-refractivity contribution in [1.29, 1.82) is 0 Å². The maximum Gasteiger partial charge on any atom is 0.246 e. The Morgan fingerprint density at radius 2 is 1.68 bits per heavy atom. The second-order valence-electron chi connectivity index (χ2n) is 8.97. The van der Waals surface area contributed by atoms with Crippen LogP contribution in [-0.2, 0) is 14.4 Å². The van der Waals surface area contributed by atoms with Crippen molar-refractivity contribution >= 4 is 58.5 Å². The summed E-state index contributed by atoms with van der Waals surface area (Å²) in [7, 11) is 0. The Labute approximate surface area is 208 Å². The van der Waals surface area contributed by atoms with E-state index in [1.54, 1.807) is 47.8 Å². The fraction of sp³-hybridized carbons (Fsp3) is 0.346. The number of benzene rings is 1. The van der Waals surface area contributed by atoms with E-state index in [-0.39, 0.29) is 23.1 Å². The number of likely N-dealkylation sites (tertiary alicyclic amines) is 2. The number of anilines is 1. The predicted octanol–water partition coefficient (Wildman–Crippen LogP) is 4.93. The molecule has 0 unspecified atom stereocenters. The summed E-state index contributed by atoms with van der Waals surface area (Å²) in [6, 6.07) is 7.17. The lowest BCUT2D eigenvalue weighted by atomic mass is 9.78. The molecule has 2 aliphatic rings. The van der Waals surface area contributed by atoms with Crippen molar-refractivity contribution in [2.75, 3.05) is 31.5 Å². The quantitative estimate of drug-likeness (QED) is 0.595. The highest BCUT2D eigenvalue weighted by atomic mass is 35.5. The minimum atomic E-state index is -0.198. The van der Waals surface area contributed by atoms with Crippen LogP contribution >= 0.6 is 22.9 Å². The van der Waals surface area contributed by atoms with E-state index in [0.717, 1.165) is 43.5 Å². The van der Waals surface area contributed by atoms with Gasteiger partial charge in [0.2, 0.25) is 17.7 Å². The molecule has 6 nitrogen and oxygen atoms in total. The fourth-order valence-corrected chi connectivity index (χ4v) is 5.41. The maximum atomic E-state index is 12.9. The van der Waals surface area contributed by atoms with Gasteiger partial charge in [0.1, 0.15) is 0 Å². The molecule has 2 saturated heterocycles. The third-order valence-electron chi connectivity index (χ3n) is 6.58. The smallest absolute Gasteiger partial charge is 0.246 e. The average Bonchev–Trinajstić information content (AvgIpc) is 3.47. The summed E-state index contributed by atoms with van der Waals surface area (Å²) >= 11 is 7.65. The maximum absolute atomic E-state index is 12.9. The molecule has 8 heteroatoms. The van der Waals surface area contributed by atoms with Gasteiger partial charge in [-0.1, -0.05) is 17.7 Å². The summed E-state index contributed by atoms with van der Waals surface area (Å²) < 4.78 is 0. The van der Waals surface area contributed by atoms with E-state index >= 15 is 0 Å². The Balaban J connectivity index is 1.32. The highest BCUT2D eigenvalue weighted by molar-refractivity contribution is 7.08. The first-order valence-electron chi connectivity index (χ1n) is 11.4. The van der Waals surface area contributed by atoms with Crippen molar-refractivity contribution in [1.82, 2.24) is 9.80 Å². The first-order valence-corrected chi connectivity index (χ1v) is 12.7. The molecular weight excluding hydrogens is 470 g/mol. The van der Waals surface area contributed by atoms with Gasteiger partial charge in [0.05, 0.1) is 0 Å². The molecule has 0 atom stereocenters. The van der Waals surface area contributed by atoms with Crippen LogP contribution in [0.1, 0.15) is 37.3 Å². The Kier molecular flexibility index (Phi) is 7.54. The molecular formula is C26H28ClN3O3S. The van der Waals surface area contributed by atoms with Crippen molar-refractivity contribution in [2.45, 2.75) is 26.2 Å². The van der Waals surface area contributed by atoms with Crippen LogP contribution in [0.4, 0.5) is 5.69 Å². The number of carbonyl (C=O) groups is 3. The second kappa shape index (κ2) is 10.6. The number of thiophene rings is 1. The van der Waals surface area contributed by atoms with E-state index < -0.39 is 0 Å². The molecule has 1 aromatic heterocycles. The fourth-order valence-electron chi connectivity index (χ4n) is 4.61. The van der Waals surface area contributed by atoms with Crippen molar-refractivity contribution in [3.05, 3.63) is 63.3 Å². The zero-order chi connectivity index (χ0) is 24.1. The number of rotatable bonds is 5. The average molecular weight is 498 g/mol. The van der Waals surface area contributed by atoms with Crippen LogP contribution in [0.5, 0.6) is 0 Å². The third-order valence-corrected chi connectivity index (χ3v) is 7.52. The highest BCUT2D eigenvalue weighted by Crippen LogP contribution is 2.40. The largest absolute Gasteiger partial charge is 0.339 e. The first-order chi connectivity index (χ1) is 16.3. The number of halogens is 1. The Morgan fingerprint density at radius 3 is 2.35 bits per heavy atom. The van der Waals surface area contributed by atoms with Crippen LogP contribution in [0.15, 0.2) is 47.2 Å². The molecule has 2 fully saturated rings. The van der Waals surface area contributed by atoms with Crippen molar-refractivity contribution in [3.8, 4) is 0 Å². The van der Waals surface area contributed by atoms with Gasteiger partial charge in [0.25, 0.3) is 0 Å². The van der Waals surface area contributed by atoms with Crippen LogP contribution in [0, 0.1) is 5.41 Å². The Hall–Kier alpha value is -2.90. The lowest BCUT2D eigenvalue weighted by Gasteiger charge is -2.38. The zero-order valence-corrected chi connectivity index (χ0v) is 20.7. The van der Waals surface area contributed by atoms with E-state index in [9.17, 15) is 14.4 Å². The first kappa shape index (κ1) is 24.2. The third kappa shape index (κ3) is 5.96. The molecule has 4 rings (SSSR count). The highest BCUT2D eigenvalue weighted by Gasteiger charge is 2.42. The number of nitrogens with zero attached hydrogens (tertiary/aromatic N) is 2. The summed E-state index contributed by atoms with van der Waals surface area (Å²) in [4.78, 5) is 40.7. The van der Waals surface area contributed by atoms with Crippen LogP contribution < -0.4 is 5.32 Å². The number of nitrogens with one attached hydrogen (secondary N) is 1. The van der Waals surface area contributed by atoms with Gasteiger partial charge in [-0.05, 0) is 76.9 Å². The number of carbonyl (C=O) groups excluding carboxylic acids is 3. The summed E-state index contributed by atoms with van der Waals surface area (Å²) in [5.41, 5.74) is 2.43. The zero-order valence-electron chi connectivity index (χ0n) is 19.1. The predicted molar refractivity (Wildman–Crippen MR) is 138 cm³/mol. The van der Waals surface area contributed by atoms with Gasteiger partial charge < -0.3 is 15.1 Å². The molecule has 3 amide bonds. The molecule has 0 bridgehead atoms. The van der Waals surface area contributed by atoms with Gasteiger partial charge in [-0.2, -0.15) is 11.3 Å². The molecule has 0 saturated carbocycles. The van der Waals surface area contributed by atoms with E-state index in [2.05, 4.69) is 5.32 Å². The number of hydrogen-bond acceptors (Lipinski definition) is 4. The summed E-state index contributed by atoms with van der Waals surface area (Å²) in [5, 5.41) is 7.27. The molecule has 1 aromatic carbocycles. The molecule has 178 valence electrons. The summed E-state index contributed by atoms with van der Waals surface area (Å²) in [6.07, 6.45) is 9.56. The SMILES string of the molecule is CC(=O)Nc1cc(Cl)ccc1/C=C/C(=O)N1CCC2(CCN(C(=O)/C=C/c3ccsc3)CC2)C1. The Bertz CT molecular complexity index is 1120. The van der Waals surface area contributed by atoms with E-state index in [1.165, 1.54) is 6.92 Å². The van der Waals surface area contributed by atoms with Gasteiger partial charge >= 0.3 is 0 Å². The molecule has 1 N–H and O–H groups in total. The van der Waals surface area contributed by atoms with Gasteiger partial charge in [0.15, 0.2) is 0 Å². The molecule has 0 radical (unpaired) electrons. The molecule has 2 aliphatic heterocycles. The lowest BCUT2D eigenvalue weighted by molar-refractivity contribution is -0.129. The normalized spacial score (nSPS) is 17.7. The molecule has 34 heavy (non-hydrogen) atoms. The van der Waals surface area contributed by atoms with E-state index in [0.29, 0.717) is 23.8 Å². The molecule has 2 aromatic rings. The van der Waals surface area contributed by atoms with E-state index in [1.807, 2.05) is 32.7 Å². The number of hydrogen-bond donors (Lipinski definition) is 1. The second-order valence-corrected chi connectivity index (χ2v) is 10.2. The van der Waals surface area contributed by atoms with Gasteiger partial charge in [-0.15, -0.1) is 0 Å². The molecule has 3 heterocycles. The minimum Gasteiger partial charge on any atom is -0.339 e. The van der Waals surface area contributed by atoms with Crippen LogP contribution in [0.3, 0.4) is 0 Å². The monoisotopic (exact) mass is 497 g/mol. The van der Waals surface area contributed by atoms with Crippen LogP contribution in [-0.4, -0.2) is 53.7 Å². The van der Waals surface area contributed by atoms with Crippen molar-refractivity contribution in [2.24, 2.45) is 5.41 Å². The summed E-state index contributed by atoms with van der Waals surface area (Å²) in [5.74, 6) is -0.192. The van der Waals surface area contributed by atoms with Gasteiger partial charge in [-0.25, -0.2) is 0 Å². The van der Waals surface area contributed by atoms with E-state index in [4.69, 9.17) is 11.6 Å². The van der Waals surface area contributed by atoms with Crippen molar-refractivity contribution < 1.29 is 14.4 Å². The van der Waals surface area contributed by atoms with Gasteiger partial charge in [0, 0.05) is 56.0 Å². The molecule has 1 spiro atoms. The molecule has 0 aliphatic carbocycles. The lowest BCUT2D eigenvalue weighted by Crippen LogP contribution is -2.44. The van der Waals surface area contributed by atoms with Crippen molar-refractivity contribution in [3.63, 3.8) is 0 Å². The minimum absolute atomic E-state index is 0.0437. The summed E-state index contributed by atoms with van der Waals surface area (Å²) in [6.45, 7) is 4.30. The van der Waals surface area contributed by atoms with Crippen LogP contribution in [0.2, 0.25) is 5.02 Å². The standard InChI is InChI=1S/C26H28ClN3O3S/c1-19(31)28-23-16-22(27)5-3-21(23)4-7-25(33)30-14-11-26(18-30)9-12-29(13-10-26)24(32)6-2-20-8-15-34-17-20/h2-8,15-17H,9-14,18H2,1H3,(H,28,31)/b6-2+,7-4+. The van der Waals surface area contributed by atoms with Crippen LogP contribution in [0.25, 0.3) is 12.2 Å². The topological polar surface area (TPSA) is 69.7 Å². The number of piperidine rings is 1.